The Hall–Kier alpha value is -3.39. The quantitative estimate of drug-likeness (QED) is 0.575. The Morgan fingerprint density at radius 2 is 1.57 bits per heavy atom. The monoisotopic (exact) mass is 412 g/mol. The van der Waals surface area contributed by atoms with Crippen LogP contribution >= 0.6 is 0 Å². The maximum atomic E-state index is 12.2. The van der Waals surface area contributed by atoms with E-state index in [4.69, 9.17) is 14.7 Å². The fourth-order valence-electron chi connectivity index (χ4n) is 3.42. The molecule has 2 amide bonds. The second kappa shape index (κ2) is 9.41. The molecule has 2 aromatic rings. The van der Waals surface area contributed by atoms with E-state index in [9.17, 15) is 14.4 Å². The molecule has 0 spiro atoms. The molecule has 2 aromatic carbocycles. The number of carboxylic acids is 1. The van der Waals surface area contributed by atoms with E-state index in [0.29, 0.717) is 0 Å². The molecule has 158 valence electrons. The summed E-state index contributed by atoms with van der Waals surface area (Å²) in [5.74, 6) is -1.79. The Kier molecular flexibility index (Phi) is 6.68. The van der Waals surface area contributed by atoms with Gasteiger partial charge in [0, 0.05) is 18.4 Å². The second-order valence-corrected chi connectivity index (χ2v) is 7.20. The van der Waals surface area contributed by atoms with Crippen LogP contribution in [-0.2, 0) is 19.2 Å². The number of carbonyl (C=O) groups excluding carboxylic acids is 2. The van der Waals surface area contributed by atoms with Crippen LogP contribution in [0.1, 0.15) is 37.3 Å². The molecule has 0 saturated carbocycles. The highest BCUT2D eigenvalue weighted by Gasteiger charge is 2.29. The van der Waals surface area contributed by atoms with Gasteiger partial charge in [0.2, 0.25) is 5.91 Å². The Labute approximate surface area is 174 Å². The number of nitrogens with one attached hydrogen (secondary N) is 2. The Morgan fingerprint density at radius 1 is 1.00 bits per heavy atom. The first-order chi connectivity index (χ1) is 14.4. The molecule has 0 heterocycles. The number of fused-ring (bicyclic) bond motifs is 3. The minimum atomic E-state index is -1.19. The molecular weight excluding hydrogens is 388 g/mol. The summed E-state index contributed by atoms with van der Waals surface area (Å²) in [6.45, 7) is 3.11. The lowest BCUT2D eigenvalue weighted by Crippen LogP contribution is -2.39. The highest BCUT2D eigenvalue weighted by atomic mass is 16.7. The van der Waals surface area contributed by atoms with Crippen LogP contribution in [0, 0.1) is 0 Å². The first kappa shape index (κ1) is 21.3. The smallest absolute Gasteiger partial charge is 0.407 e. The van der Waals surface area contributed by atoms with Gasteiger partial charge in [-0.05, 0) is 36.1 Å². The van der Waals surface area contributed by atoms with Gasteiger partial charge < -0.3 is 15.2 Å². The molecule has 1 unspecified atom stereocenters. The fraction of sp³-hybridized carbons (Fsp3) is 0.318. The molecule has 0 saturated heterocycles. The van der Waals surface area contributed by atoms with E-state index in [0.717, 1.165) is 22.3 Å². The number of aliphatic carboxylic acids is 1. The predicted molar refractivity (Wildman–Crippen MR) is 109 cm³/mol. The largest absolute Gasteiger partial charge is 0.479 e. The van der Waals surface area contributed by atoms with Gasteiger partial charge in [0.15, 0.2) is 6.10 Å². The molecular formula is C22H24N2O6. The summed E-state index contributed by atoms with van der Waals surface area (Å²) in [6.07, 6.45) is -1.88. The molecule has 3 N–H and O–H groups in total. The van der Waals surface area contributed by atoms with Gasteiger partial charge in [-0.25, -0.2) is 15.1 Å². The van der Waals surface area contributed by atoms with E-state index in [1.807, 2.05) is 36.4 Å². The van der Waals surface area contributed by atoms with Crippen molar-refractivity contribution in [3.8, 4) is 11.1 Å². The standard InChI is InChI=1S/C22H24N2O6/c1-13(11-20(25)24-30-14(2)21(26)27)23-22(28)29-12-19-17-9-5-3-7-15(17)16-8-4-6-10-18(16)19/h3-10,13-14,19H,11-12H2,1-2H3,(H,23,28)(H,24,25)(H,26,27)/t13-,14?/m1/s1. The lowest BCUT2D eigenvalue weighted by Gasteiger charge is -2.17. The molecule has 1 aliphatic carbocycles. The normalized spacial score (nSPS) is 14.2. The SMILES string of the molecule is CC(ONC(=O)C[C@@H](C)NC(=O)OCC1c2ccccc2-c2ccccc21)C(=O)O. The number of rotatable bonds is 8. The Bertz CT molecular complexity index is 899. The van der Waals surface area contributed by atoms with Crippen molar-refractivity contribution in [2.24, 2.45) is 0 Å². The maximum absolute atomic E-state index is 12.2. The van der Waals surface area contributed by atoms with E-state index in [1.165, 1.54) is 6.92 Å². The molecule has 0 radical (unpaired) electrons. The summed E-state index contributed by atoms with van der Waals surface area (Å²) in [5.41, 5.74) is 6.57. The highest BCUT2D eigenvalue weighted by molar-refractivity contribution is 5.79. The zero-order valence-corrected chi connectivity index (χ0v) is 16.8. The van der Waals surface area contributed by atoms with Crippen molar-refractivity contribution < 1.29 is 29.1 Å². The first-order valence-electron chi connectivity index (χ1n) is 9.65. The number of carbonyl (C=O) groups is 3. The Morgan fingerprint density at radius 3 is 2.13 bits per heavy atom. The minimum Gasteiger partial charge on any atom is -0.479 e. The summed E-state index contributed by atoms with van der Waals surface area (Å²) in [5, 5.41) is 11.3. The van der Waals surface area contributed by atoms with Gasteiger partial charge in [-0.3, -0.25) is 9.63 Å². The van der Waals surface area contributed by atoms with E-state index < -0.39 is 30.1 Å². The van der Waals surface area contributed by atoms with Crippen LogP contribution in [-0.4, -0.2) is 41.8 Å². The topological polar surface area (TPSA) is 114 Å². The lowest BCUT2D eigenvalue weighted by atomic mass is 9.98. The van der Waals surface area contributed by atoms with Crippen molar-refractivity contribution in [3.63, 3.8) is 0 Å². The number of hydroxylamine groups is 1. The lowest BCUT2D eigenvalue weighted by molar-refractivity contribution is -0.158. The third kappa shape index (κ3) is 4.96. The predicted octanol–water partition coefficient (Wildman–Crippen LogP) is 2.82. The third-order valence-electron chi connectivity index (χ3n) is 4.90. The molecule has 1 aliphatic rings. The summed E-state index contributed by atoms with van der Waals surface area (Å²) in [4.78, 5) is 39.4. The first-order valence-corrected chi connectivity index (χ1v) is 9.65. The van der Waals surface area contributed by atoms with E-state index in [1.54, 1.807) is 6.92 Å². The molecule has 0 aliphatic heterocycles. The second-order valence-electron chi connectivity index (χ2n) is 7.20. The van der Waals surface area contributed by atoms with Crippen molar-refractivity contribution in [1.29, 1.82) is 0 Å². The van der Waals surface area contributed by atoms with Crippen LogP contribution in [0.3, 0.4) is 0 Å². The van der Waals surface area contributed by atoms with E-state index >= 15 is 0 Å². The average molecular weight is 412 g/mol. The van der Waals surface area contributed by atoms with Crippen LogP contribution in [0.25, 0.3) is 11.1 Å². The van der Waals surface area contributed by atoms with Gasteiger partial charge >= 0.3 is 12.1 Å². The minimum absolute atomic E-state index is 0.0485. The summed E-state index contributed by atoms with van der Waals surface area (Å²) in [7, 11) is 0. The number of amides is 2. The number of carboxylic acid groups (broad SMARTS) is 1. The van der Waals surface area contributed by atoms with Gasteiger partial charge in [-0.1, -0.05) is 48.5 Å². The zero-order chi connectivity index (χ0) is 21.7. The van der Waals surface area contributed by atoms with E-state index in [-0.39, 0.29) is 18.9 Å². The summed E-state index contributed by atoms with van der Waals surface area (Å²) < 4.78 is 5.43. The number of hydrogen-bond acceptors (Lipinski definition) is 5. The molecule has 0 aromatic heterocycles. The summed E-state index contributed by atoms with van der Waals surface area (Å²) >= 11 is 0. The molecule has 0 bridgehead atoms. The van der Waals surface area contributed by atoms with Gasteiger partial charge in [-0.15, -0.1) is 0 Å². The molecule has 30 heavy (non-hydrogen) atoms. The van der Waals surface area contributed by atoms with Crippen molar-refractivity contribution in [3.05, 3.63) is 59.7 Å². The van der Waals surface area contributed by atoms with Crippen molar-refractivity contribution in [2.45, 2.75) is 38.3 Å². The number of hydrogen-bond donors (Lipinski definition) is 3. The van der Waals surface area contributed by atoms with Crippen LogP contribution in [0.2, 0.25) is 0 Å². The Balaban J connectivity index is 1.50. The van der Waals surface area contributed by atoms with Crippen LogP contribution < -0.4 is 10.8 Å². The van der Waals surface area contributed by atoms with Gasteiger partial charge in [0.1, 0.15) is 6.61 Å². The molecule has 8 nitrogen and oxygen atoms in total. The van der Waals surface area contributed by atoms with Crippen LogP contribution in [0.15, 0.2) is 48.5 Å². The number of benzene rings is 2. The molecule has 3 rings (SSSR count). The van der Waals surface area contributed by atoms with Crippen molar-refractivity contribution in [1.82, 2.24) is 10.8 Å². The highest BCUT2D eigenvalue weighted by Crippen LogP contribution is 2.44. The molecule has 2 atom stereocenters. The molecule has 8 heteroatoms. The van der Waals surface area contributed by atoms with Crippen LogP contribution in [0.5, 0.6) is 0 Å². The van der Waals surface area contributed by atoms with Gasteiger partial charge in [-0.2, -0.15) is 0 Å². The van der Waals surface area contributed by atoms with Gasteiger partial charge in [0.25, 0.3) is 0 Å². The van der Waals surface area contributed by atoms with Gasteiger partial charge in [0.05, 0.1) is 0 Å². The zero-order valence-electron chi connectivity index (χ0n) is 16.8. The van der Waals surface area contributed by atoms with Crippen molar-refractivity contribution >= 4 is 18.0 Å². The fourth-order valence-corrected chi connectivity index (χ4v) is 3.42. The van der Waals surface area contributed by atoms with E-state index in [2.05, 4.69) is 22.9 Å². The van der Waals surface area contributed by atoms with Crippen molar-refractivity contribution in [2.75, 3.05) is 6.61 Å². The average Bonchev–Trinajstić information content (AvgIpc) is 3.04. The van der Waals surface area contributed by atoms with Crippen LogP contribution in [0.4, 0.5) is 4.79 Å². The number of ether oxygens (including phenoxy) is 1. The maximum Gasteiger partial charge on any atom is 0.407 e. The third-order valence-corrected chi connectivity index (χ3v) is 4.90. The summed E-state index contributed by atoms with van der Waals surface area (Å²) in [6, 6.07) is 15.6. The molecule has 0 fully saturated rings. The number of alkyl carbamates (subject to hydrolysis) is 1.